The molecule has 10 heteroatoms. The molecular formula is C27H25F3N4O3. The first-order valence-corrected chi connectivity index (χ1v) is 11.6. The molecule has 0 bridgehead atoms. The Bertz CT molecular complexity index is 1320. The molecule has 192 valence electrons. The minimum atomic E-state index is -4.50. The Morgan fingerprint density at radius 2 is 1.73 bits per heavy atom. The summed E-state index contributed by atoms with van der Waals surface area (Å²) in [5, 5.41) is 7.19. The zero-order chi connectivity index (χ0) is 26.3. The molecule has 37 heavy (non-hydrogen) atoms. The zero-order valence-electron chi connectivity index (χ0n) is 20.0. The molecule has 1 aromatic heterocycles. The molecule has 1 N–H and O–H groups in total. The van der Waals surface area contributed by atoms with E-state index in [0.29, 0.717) is 24.6 Å². The van der Waals surface area contributed by atoms with E-state index in [1.807, 2.05) is 37.3 Å². The molecule has 1 heterocycles. The van der Waals surface area contributed by atoms with Gasteiger partial charge in [0.25, 0.3) is 0 Å². The quantitative estimate of drug-likeness (QED) is 0.283. The summed E-state index contributed by atoms with van der Waals surface area (Å²) in [5.74, 6) is 0.00715. The Morgan fingerprint density at radius 1 is 0.973 bits per heavy atom. The van der Waals surface area contributed by atoms with Gasteiger partial charge in [0, 0.05) is 17.9 Å². The molecule has 7 nitrogen and oxygen atoms in total. The fourth-order valence-electron chi connectivity index (χ4n) is 3.56. The average molecular weight is 511 g/mol. The van der Waals surface area contributed by atoms with E-state index < -0.39 is 11.7 Å². The smallest absolute Gasteiger partial charge is 0.416 e. The van der Waals surface area contributed by atoms with E-state index in [4.69, 9.17) is 9.47 Å². The zero-order valence-corrected chi connectivity index (χ0v) is 20.0. The van der Waals surface area contributed by atoms with Crippen molar-refractivity contribution >= 4 is 11.6 Å². The van der Waals surface area contributed by atoms with Crippen LogP contribution in [-0.4, -0.2) is 40.5 Å². The molecule has 0 spiro atoms. The lowest BCUT2D eigenvalue weighted by molar-refractivity contribution is -0.137. The van der Waals surface area contributed by atoms with Crippen LogP contribution < -0.4 is 10.1 Å². The Kier molecular flexibility index (Phi) is 8.19. The Balaban J connectivity index is 1.58. The lowest BCUT2D eigenvalue weighted by Gasteiger charge is -2.10. The highest BCUT2D eigenvalue weighted by atomic mass is 19.4. The van der Waals surface area contributed by atoms with Crippen molar-refractivity contribution in [3.05, 3.63) is 90.0 Å². The molecule has 0 atom stereocenters. The second kappa shape index (κ2) is 11.7. The van der Waals surface area contributed by atoms with E-state index in [-0.39, 0.29) is 36.3 Å². The molecule has 0 aliphatic rings. The highest BCUT2D eigenvalue weighted by molar-refractivity contribution is 5.92. The first-order chi connectivity index (χ1) is 17.8. The van der Waals surface area contributed by atoms with Gasteiger partial charge in [-0.2, -0.15) is 18.2 Å². The van der Waals surface area contributed by atoms with E-state index in [1.54, 1.807) is 24.3 Å². The molecular weight excluding hydrogens is 485 g/mol. The van der Waals surface area contributed by atoms with Gasteiger partial charge in [-0.1, -0.05) is 42.5 Å². The lowest BCUT2D eigenvalue weighted by Crippen LogP contribution is -2.14. The van der Waals surface area contributed by atoms with Gasteiger partial charge >= 0.3 is 12.2 Å². The molecule has 4 aromatic rings. The number of hydrogen-bond acceptors (Lipinski definition) is 5. The van der Waals surface area contributed by atoms with Gasteiger partial charge < -0.3 is 14.8 Å². The van der Waals surface area contributed by atoms with Crippen LogP contribution in [0.25, 0.3) is 17.1 Å². The predicted molar refractivity (Wildman–Crippen MR) is 133 cm³/mol. The Hall–Kier alpha value is -4.18. The number of aromatic nitrogens is 3. The number of nitrogens with zero attached hydrogens (tertiary/aromatic N) is 3. The third-order valence-electron chi connectivity index (χ3n) is 5.30. The molecule has 3 aromatic carbocycles. The van der Waals surface area contributed by atoms with Crippen LogP contribution >= 0.6 is 0 Å². The van der Waals surface area contributed by atoms with Crippen molar-refractivity contribution in [2.45, 2.75) is 19.5 Å². The SMILES string of the molecule is CCOCCOc1nc(-c2cccc(C(F)(F)F)c2)n(-c2ccc(NC(=O)Cc3ccccc3)cc2)n1. The van der Waals surface area contributed by atoms with Gasteiger partial charge in [-0.25, -0.2) is 4.68 Å². The van der Waals surface area contributed by atoms with Gasteiger partial charge in [-0.3, -0.25) is 4.79 Å². The summed E-state index contributed by atoms with van der Waals surface area (Å²) >= 11 is 0. The second-order valence-electron chi connectivity index (χ2n) is 8.01. The molecule has 0 aliphatic carbocycles. The van der Waals surface area contributed by atoms with Crippen molar-refractivity contribution in [2.75, 3.05) is 25.1 Å². The molecule has 0 aliphatic heterocycles. The van der Waals surface area contributed by atoms with E-state index in [2.05, 4.69) is 15.4 Å². The largest absolute Gasteiger partial charge is 0.460 e. The van der Waals surface area contributed by atoms with Crippen molar-refractivity contribution in [3.63, 3.8) is 0 Å². The van der Waals surface area contributed by atoms with Crippen LogP contribution in [0.15, 0.2) is 78.9 Å². The van der Waals surface area contributed by atoms with E-state index in [0.717, 1.165) is 17.7 Å². The van der Waals surface area contributed by atoms with Crippen molar-refractivity contribution in [1.82, 2.24) is 14.8 Å². The molecule has 0 unspecified atom stereocenters. The number of carbonyl (C=O) groups excluding carboxylic acids is 1. The van der Waals surface area contributed by atoms with Crippen molar-refractivity contribution in [2.24, 2.45) is 0 Å². The van der Waals surface area contributed by atoms with Crippen LogP contribution in [0.3, 0.4) is 0 Å². The molecule has 0 saturated carbocycles. The van der Waals surface area contributed by atoms with Gasteiger partial charge in [-0.15, -0.1) is 5.10 Å². The average Bonchev–Trinajstić information content (AvgIpc) is 3.31. The van der Waals surface area contributed by atoms with Crippen LogP contribution in [-0.2, 0) is 22.1 Å². The van der Waals surface area contributed by atoms with E-state index in [1.165, 1.54) is 16.8 Å². The summed E-state index contributed by atoms with van der Waals surface area (Å²) in [6, 6.07) is 21.0. The van der Waals surface area contributed by atoms with E-state index in [9.17, 15) is 18.0 Å². The summed E-state index contributed by atoms with van der Waals surface area (Å²) in [6.07, 6.45) is -4.27. The number of anilines is 1. The number of amides is 1. The van der Waals surface area contributed by atoms with Gasteiger partial charge in [-0.05, 0) is 48.9 Å². The van der Waals surface area contributed by atoms with Gasteiger partial charge in [0.05, 0.1) is 24.3 Å². The number of benzene rings is 3. The third-order valence-corrected chi connectivity index (χ3v) is 5.30. The third kappa shape index (κ3) is 6.95. The van der Waals surface area contributed by atoms with Crippen LogP contribution in [0, 0.1) is 0 Å². The van der Waals surface area contributed by atoms with Gasteiger partial charge in [0.1, 0.15) is 6.61 Å². The normalized spacial score (nSPS) is 11.4. The first-order valence-electron chi connectivity index (χ1n) is 11.6. The number of halogens is 3. The highest BCUT2D eigenvalue weighted by Gasteiger charge is 2.31. The molecule has 0 fully saturated rings. The van der Waals surface area contributed by atoms with Crippen LogP contribution in [0.5, 0.6) is 6.01 Å². The number of hydrogen-bond donors (Lipinski definition) is 1. The number of carbonyl (C=O) groups is 1. The summed E-state index contributed by atoms with van der Waals surface area (Å²) in [6.45, 7) is 2.88. The van der Waals surface area contributed by atoms with E-state index >= 15 is 0 Å². The minimum Gasteiger partial charge on any atom is -0.460 e. The maximum absolute atomic E-state index is 13.3. The number of alkyl halides is 3. The first kappa shape index (κ1) is 25.9. The lowest BCUT2D eigenvalue weighted by atomic mass is 10.1. The molecule has 0 radical (unpaired) electrons. The monoisotopic (exact) mass is 510 g/mol. The van der Waals surface area contributed by atoms with Crippen molar-refractivity contribution in [3.8, 4) is 23.1 Å². The van der Waals surface area contributed by atoms with Crippen LogP contribution in [0.2, 0.25) is 0 Å². The fraction of sp³-hybridized carbons (Fsp3) is 0.222. The van der Waals surface area contributed by atoms with Crippen molar-refractivity contribution < 1.29 is 27.4 Å². The summed E-state index contributed by atoms with van der Waals surface area (Å²) in [4.78, 5) is 16.7. The summed E-state index contributed by atoms with van der Waals surface area (Å²) in [7, 11) is 0. The minimum absolute atomic E-state index is 0.00681. The van der Waals surface area contributed by atoms with Crippen LogP contribution in [0.1, 0.15) is 18.1 Å². The molecule has 4 rings (SSSR count). The van der Waals surface area contributed by atoms with Gasteiger partial charge in [0.15, 0.2) is 5.82 Å². The Labute approximate surface area is 211 Å². The molecule has 1 amide bonds. The summed E-state index contributed by atoms with van der Waals surface area (Å²) in [5.41, 5.74) is 1.41. The van der Waals surface area contributed by atoms with Crippen LogP contribution in [0.4, 0.5) is 18.9 Å². The second-order valence-corrected chi connectivity index (χ2v) is 8.01. The maximum Gasteiger partial charge on any atom is 0.416 e. The number of nitrogens with one attached hydrogen (secondary N) is 1. The Morgan fingerprint density at radius 3 is 2.43 bits per heavy atom. The number of ether oxygens (including phenoxy) is 2. The maximum atomic E-state index is 13.3. The standard InChI is InChI=1S/C27H25F3N4O3/c1-2-36-15-16-37-26-32-25(20-9-6-10-21(18-20)27(28,29)30)34(33-26)23-13-11-22(12-14-23)31-24(35)17-19-7-4-3-5-8-19/h3-14,18H,2,15-17H2,1H3,(H,31,35). The highest BCUT2D eigenvalue weighted by Crippen LogP contribution is 2.33. The molecule has 0 saturated heterocycles. The van der Waals surface area contributed by atoms with Crippen molar-refractivity contribution in [1.29, 1.82) is 0 Å². The number of rotatable bonds is 10. The topological polar surface area (TPSA) is 78.3 Å². The fourth-order valence-corrected chi connectivity index (χ4v) is 3.56. The summed E-state index contributed by atoms with van der Waals surface area (Å²) < 4.78 is 52.2. The van der Waals surface area contributed by atoms with Gasteiger partial charge in [0.2, 0.25) is 5.91 Å². The predicted octanol–water partition coefficient (Wildman–Crippen LogP) is 5.55.